The smallest absolute Gasteiger partial charge is 0.295 e. The molecule has 1 aliphatic heterocycles. The topological polar surface area (TPSA) is 112 Å². The Kier molecular flexibility index (Phi) is 4.38. The molecule has 1 heterocycles. The fraction of sp³-hybridized carbons (Fsp3) is 0.333. The molecule has 0 unspecified atom stereocenters. The Balaban J connectivity index is 2.13. The molecular formula is C12H15NO6S2. The van der Waals surface area contributed by atoms with Crippen LogP contribution < -0.4 is 0 Å². The van der Waals surface area contributed by atoms with Crippen molar-refractivity contribution in [1.82, 2.24) is 4.90 Å². The van der Waals surface area contributed by atoms with Crippen LogP contribution in [0.4, 0.5) is 0 Å². The summed E-state index contributed by atoms with van der Waals surface area (Å²) in [6, 6.07) is 4.60. The predicted octanol–water partition coefficient (Wildman–Crippen LogP) is 0.998. The second-order valence-corrected chi connectivity index (χ2v) is 7.69. The molecule has 21 heavy (non-hydrogen) atoms. The van der Waals surface area contributed by atoms with Gasteiger partial charge in [0, 0.05) is 24.9 Å². The Morgan fingerprint density at radius 3 is 2.48 bits per heavy atom. The standard InChI is InChI=1S/C12H15NO6S2/c14-20(15,16)8-2-6-13-7-5-11-10(9-13)3-1-4-12(11)21(17,18)19/h1,3-5,7H,2,6,8-9H2,(H,14,15,16)(H,17,18,19). The lowest BCUT2D eigenvalue weighted by Crippen LogP contribution is -2.23. The SMILES string of the molecule is O=S(=O)(O)CCCN1C=Cc2c(cccc2S(=O)(=O)O)C1. The maximum absolute atomic E-state index is 11.3. The van der Waals surface area contributed by atoms with Crippen molar-refractivity contribution in [1.29, 1.82) is 0 Å². The van der Waals surface area contributed by atoms with E-state index in [4.69, 9.17) is 4.55 Å². The minimum atomic E-state index is -4.28. The van der Waals surface area contributed by atoms with Gasteiger partial charge in [-0.2, -0.15) is 16.8 Å². The van der Waals surface area contributed by atoms with E-state index in [2.05, 4.69) is 0 Å². The van der Waals surface area contributed by atoms with Crippen molar-refractivity contribution in [2.24, 2.45) is 0 Å². The van der Waals surface area contributed by atoms with Crippen molar-refractivity contribution in [3.63, 3.8) is 0 Å². The van der Waals surface area contributed by atoms with Gasteiger partial charge in [0.25, 0.3) is 20.2 Å². The number of fused-ring (bicyclic) bond motifs is 1. The third-order valence-corrected chi connectivity index (χ3v) is 4.82. The van der Waals surface area contributed by atoms with Crippen molar-refractivity contribution in [2.45, 2.75) is 17.9 Å². The lowest BCUT2D eigenvalue weighted by atomic mass is 10.0. The second-order valence-electron chi connectivity index (χ2n) is 4.73. The van der Waals surface area contributed by atoms with Crippen LogP contribution in [-0.2, 0) is 26.8 Å². The molecule has 0 aromatic heterocycles. The van der Waals surface area contributed by atoms with Crippen LogP contribution >= 0.6 is 0 Å². The zero-order chi connectivity index (χ0) is 15.7. The fourth-order valence-corrected chi connectivity index (χ4v) is 3.42. The van der Waals surface area contributed by atoms with Crippen LogP contribution in [0, 0.1) is 0 Å². The van der Waals surface area contributed by atoms with Gasteiger partial charge in [0.2, 0.25) is 0 Å². The number of rotatable bonds is 5. The van der Waals surface area contributed by atoms with Crippen LogP contribution in [0.15, 0.2) is 29.3 Å². The Hall–Kier alpha value is -1.42. The minimum Gasteiger partial charge on any atom is -0.373 e. The molecule has 0 radical (unpaired) electrons. The molecule has 1 aromatic carbocycles. The first-order chi connectivity index (χ1) is 9.67. The quantitative estimate of drug-likeness (QED) is 0.773. The van der Waals surface area contributed by atoms with Crippen LogP contribution in [0.3, 0.4) is 0 Å². The monoisotopic (exact) mass is 333 g/mol. The minimum absolute atomic E-state index is 0.145. The molecule has 9 heteroatoms. The fourth-order valence-electron chi connectivity index (χ4n) is 2.20. The number of benzene rings is 1. The Bertz CT molecular complexity index is 767. The van der Waals surface area contributed by atoms with Gasteiger partial charge in [-0.1, -0.05) is 12.1 Å². The predicted molar refractivity (Wildman–Crippen MR) is 76.7 cm³/mol. The van der Waals surface area contributed by atoms with Gasteiger partial charge in [-0.25, -0.2) is 0 Å². The van der Waals surface area contributed by atoms with E-state index in [9.17, 15) is 21.4 Å². The summed E-state index contributed by atoms with van der Waals surface area (Å²) in [5.41, 5.74) is 1.16. The highest BCUT2D eigenvalue weighted by atomic mass is 32.2. The first kappa shape index (κ1) is 16.0. The third kappa shape index (κ3) is 4.27. The zero-order valence-electron chi connectivity index (χ0n) is 11.0. The highest BCUT2D eigenvalue weighted by Gasteiger charge is 2.20. The van der Waals surface area contributed by atoms with Gasteiger partial charge >= 0.3 is 0 Å². The molecule has 1 aromatic rings. The maximum atomic E-state index is 11.3. The molecule has 0 saturated carbocycles. The molecule has 1 aliphatic rings. The van der Waals surface area contributed by atoms with Crippen molar-refractivity contribution in [3.05, 3.63) is 35.5 Å². The molecule has 0 aliphatic carbocycles. The summed E-state index contributed by atoms with van der Waals surface area (Å²) in [4.78, 5) is 1.66. The van der Waals surface area contributed by atoms with Gasteiger partial charge in [-0.05, 0) is 24.1 Å². The second kappa shape index (κ2) is 5.76. The van der Waals surface area contributed by atoms with Crippen LogP contribution in [0.25, 0.3) is 6.08 Å². The van der Waals surface area contributed by atoms with E-state index in [1.54, 1.807) is 23.2 Å². The lowest BCUT2D eigenvalue weighted by molar-refractivity contribution is 0.364. The normalized spacial score (nSPS) is 15.0. The first-order valence-corrected chi connectivity index (χ1v) is 9.18. The molecule has 0 amide bonds. The summed E-state index contributed by atoms with van der Waals surface area (Å²) < 4.78 is 61.7. The molecule has 0 spiro atoms. The Labute approximate surface area is 123 Å². The molecule has 0 saturated heterocycles. The molecule has 2 N–H and O–H groups in total. The van der Waals surface area contributed by atoms with Crippen molar-refractivity contribution >= 4 is 26.3 Å². The molecule has 2 rings (SSSR count). The van der Waals surface area contributed by atoms with E-state index >= 15 is 0 Å². The average molecular weight is 333 g/mol. The number of hydrogen-bond donors (Lipinski definition) is 2. The number of nitrogens with zero attached hydrogens (tertiary/aromatic N) is 1. The van der Waals surface area contributed by atoms with Gasteiger partial charge in [0.15, 0.2) is 0 Å². The van der Waals surface area contributed by atoms with Crippen LogP contribution in [0.1, 0.15) is 17.5 Å². The van der Waals surface area contributed by atoms with E-state index in [0.717, 1.165) is 5.56 Å². The van der Waals surface area contributed by atoms with Gasteiger partial charge in [-0.3, -0.25) is 9.11 Å². The molecule has 0 bridgehead atoms. The van der Waals surface area contributed by atoms with E-state index in [0.29, 0.717) is 18.7 Å². The van der Waals surface area contributed by atoms with Gasteiger partial charge in [-0.15, -0.1) is 0 Å². The van der Waals surface area contributed by atoms with E-state index < -0.39 is 20.2 Å². The van der Waals surface area contributed by atoms with Gasteiger partial charge < -0.3 is 4.90 Å². The summed E-state index contributed by atoms with van der Waals surface area (Å²) in [7, 11) is -8.25. The first-order valence-electron chi connectivity index (χ1n) is 6.13. The maximum Gasteiger partial charge on any atom is 0.295 e. The summed E-state index contributed by atoms with van der Waals surface area (Å²) >= 11 is 0. The largest absolute Gasteiger partial charge is 0.373 e. The lowest BCUT2D eigenvalue weighted by Gasteiger charge is -2.26. The molecule has 0 atom stereocenters. The third-order valence-electron chi connectivity index (χ3n) is 3.11. The average Bonchev–Trinajstić information content (AvgIpc) is 2.35. The summed E-state index contributed by atoms with van der Waals surface area (Å²) in [5, 5.41) is 0. The zero-order valence-corrected chi connectivity index (χ0v) is 12.6. The Morgan fingerprint density at radius 2 is 1.86 bits per heavy atom. The van der Waals surface area contributed by atoms with E-state index in [-0.39, 0.29) is 17.1 Å². The molecule has 0 fully saturated rings. The van der Waals surface area contributed by atoms with Crippen LogP contribution in [0.2, 0.25) is 0 Å². The summed E-state index contributed by atoms with van der Waals surface area (Å²) in [5.74, 6) is -0.324. The van der Waals surface area contributed by atoms with Crippen LogP contribution in [-0.4, -0.2) is 43.1 Å². The van der Waals surface area contributed by atoms with E-state index in [1.807, 2.05) is 0 Å². The molecule has 7 nitrogen and oxygen atoms in total. The summed E-state index contributed by atoms with van der Waals surface area (Å²) in [6.45, 7) is 0.812. The Morgan fingerprint density at radius 1 is 1.14 bits per heavy atom. The highest BCUT2D eigenvalue weighted by Crippen LogP contribution is 2.26. The van der Waals surface area contributed by atoms with Gasteiger partial charge in [0.05, 0.1) is 5.75 Å². The molecular weight excluding hydrogens is 318 g/mol. The van der Waals surface area contributed by atoms with Crippen LogP contribution in [0.5, 0.6) is 0 Å². The van der Waals surface area contributed by atoms with Crippen molar-refractivity contribution in [3.8, 4) is 0 Å². The van der Waals surface area contributed by atoms with Crippen molar-refractivity contribution < 1.29 is 25.9 Å². The van der Waals surface area contributed by atoms with E-state index in [1.165, 1.54) is 12.1 Å². The highest BCUT2D eigenvalue weighted by molar-refractivity contribution is 7.86. The molecule has 116 valence electrons. The van der Waals surface area contributed by atoms with Crippen molar-refractivity contribution in [2.75, 3.05) is 12.3 Å². The van der Waals surface area contributed by atoms with Gasteiger partial charge in [0.1, 0.15) is 4.90 Å². The number of hydrogen-bond acceptors (Lipinski definition) is 5. The summed E-state index contributed by atoms with van der Waals surface area (Å²) in [6.07, 6.45) is 3.47.